The summed E-state index contributed by atoms with van der Waals surface area (Å²) in [6.45, 7) is 0.473. The molecule has 0 aromatic heterocycles. The van der Waals surface area contributed by atoms with Gasteiger partial charge in [0.05, 0.1) is 12.7 Å². The molecule has 88 valence electrons. The average molecular weight is 240 g/mol. The molecule has 1 fully saturated rings. The molecule has 0 heterocycles. The van der Waals surface area contributed by atoms with E-state index in [4.69, 9.17) is 4.74 Å². The molecule has 2 rings (SSSR count). The molecule has 0 atom stereocenters. The van der Waals surface area contributed by atoms with Crippen molar-refractivity contribution in [3.05, 3.63) is 29.6 Å². The highest BCUT2D eigenvalue weighted by molar-refractivity contribution is 7.80. The van der Waals surface area contributed by atoms with Gasteiger partial charge in [-0.25, -0.2) is 4.39 Å². The molecule has 1 aromatic rings. The molecular formula is C13H17FOS. The Morgan fingerprint density at radius 1 is 1.25 bits per heavy atom. The predicted octanol–water partition coefficient (Wildman–Crippen LogP) is 3.96. The summed E-state index contributed by atoms with van der Waals surface area (Å²) in [4.78, 5) is 0.803. The number of hydrogen-bond acceptors (Lipinski definition) is 2. The summed E-state index contributed by atoms with van der Waals surface area (Å²) in [6.07, 6.45) is 6.44. The highest BCUT2D eigenvalue weighted by atomic mass is 32.1. The molecule has 3 heteroatoms. The first-order chi connectivity index (χ1) is 7.75. The van der Waals surface area contributed by atoms with E-state index in [9.17, 15) is 4.39 Å². The summed E-state index contributed by atoms with van der Waals surface area (Å²) in [5, 5.41) is 0. The Labute approximate surface area is 101 Å². The molecule has 0 aliphatic heterocycles. The van der Waals surface area contributed by atoms with Gasteiger partial charge in [-0.05, 0) is 36.6 Å². The minimum Gasteiger partial charge on any atom is -0.374 e. The lowest BCUT2D eigenvalue weighted by Gasteiger charge is -2.22. The summed E-state index contributed by atoms with van der Waals surface area (Å²) in [7, 11) is 0. The Balaban J connectivity index is 1.90. The van der Waals surface area contributed by atoms with Gasteiger partial charge in [0, 0.05) is 4.90 Å². The van der Waals surface area contributed by atoms with Crippen LogP contribution in [0.3, 0.4) is 0 Å². The zero-order chi connectivity index (χ0) is 11.4. The topological polar surface area (TPSA) is 9.23 Å². The highest BCUT2D eigenvalue weighted by Gasteiger charge is 2.14. The minimum absolute atomic E-state index is 0.222. The first-order valence-corrected chi connectivity index (χ1v) is 6.29. The molecule has 1 aliphatic rings. The molecule has 1 saturated carbocycles. The Kier molecular flexibility index (Phi) is 4.24. The van der Waals surface area contributed by atoms with Gasteiger partial charge in [-0.1, -0.05) is 19.3 Å². The van der Waals surface area contributed by atoms with Crippen LogP contribution in [-0.2, 0) is 11.3 Å². The van der Waals surface area contributed by atoms with Crippen molar-refractivity contribution in [2.75, 3.05) is 0 Å². The Hall–Kier alpha value is -0.540. The van der Waals surface area contributed by atoms with Crippen molar-refractivity contribution >= 4 is 12.6 Å². The number of rotatable bonds is 3. The first-order valence-electron chi connectivity index (χ1n) is 5.85. The van der Waals surface area contributed by atoms with Crippen molar-refractivity contribution in [3.8, 4) is 0 Å². The third kappa shape index (κ3) is 3.22. The third-order valence-electron chi connectivity index (χ3n) is 3.07. The van der Waals surface area contributed by atoms with Crippen LogP contribution >= 0.6 is 12.6 Å². The summed E-state index contributed by atoms with van der Waals surface area (Å²) < 4.78 is 18.8. The monoisotopic (exact) mass is 240 g/mol. The zero-order valence-electron chi connectivity index (χ0n) is 9.29. The smallest absolute Gasteiger partial charge is 0.123 e. The normalized spacial score (nSPS) is 17.6. The predicted molar refractivity (Wildman–Crippen MR) is 65.3 cm³/mol. The lowest BCUT2D eigenvalue weighted by Crippen LogP contribution is -2.16. The van der Waals surface area contributed by atoms with Crippen LogP contribution in [-0.4, -0.2) is 6.10 Å². The quantitative estimate of drug-likeness (QED) is 0.787. The van der Waals surface area contributed by atoms with Gasteiger partial charge >= 0.3 is 0 Å². The van der Waals surface area contributed by atoms with Crippen LogP contribution < -0.4 is 0 Å². The molecule has 16 heavy (non-hydrogen) atoms. The summed E-state index contributed by atoms with van der Waals surface area (Å²) in [5.74, 6) is -0.222. The molecule has 0 radical (unpaired) electrons. The van der Waals surface area contributed by atoms with E-state index in [0.717, 1.165) is 23.3 Å². The maximum absolute atomic E-state index is 13.0. The second-order valence-electron chi connectivity index (χ2n) is 4.34. The molecule has 1 aromatic carbocycles. The SMILES string of the molecule is Fc1ccc(S)c(COC2CCCCC2)c1. The van der Waals surface area contributed by atoms with Crippen molar-refractivity contribution in [2.45, 2.75) is 49.7 Å². The number of ether oxygens (including phenoxy) is 1. The maximum Gasteiger partial charge on any atom is 0.123 e. The van der Waals surface area contributed by atoms with Crippen LogP contribution in [0.25, 0.3) is 0 Å². The van der Waals surface area contributed by atoms with Crippen LogP contribution in [0.15, 0.2) is 23.1 Å². The fourth-order valence-electron chi connectivity index (χ4n) is 2.11. The van der Waals surface area contributed by atoms with Gasteiger partial charge < -0.3 is 4.74 Å². The van der Waals surface area contributed by atoms with Crippen molar-refractivity contribution in [1.29, 1.82) is 0 Å². The van der Waals surface area contributed by atoms with E-state index in [1.54, 1.807) is 6.07 Å². The Bertz CT molecular complexity index is 348. The summed E-state index contributed by atoms with van der Waals surface area (Å²) >= 11 is 4.30. The second-order valence-corrected chi connectivity index (χ2v) is 4.83. The van der Waals surface area contributed by atoms with Gasteiger partial charge in [-0.2, -0.15) is 0 Å². The molecule has 1 aliphatic carbocycles. The van der Waals surface area contributed by atoms with E-state index in [2.05, 4.69) is 12.6 Å². The number of hydrogen-bond donors (Lipinski definition) is 1. The highest BCUT2D eigenvalue weighted by Crippen LogP contribution is 2.23. The van der Waals surface area contributed by atoms with Crippen LogP contribution in [0.5, 0.6) is 0 Å². The fraction of sp³-hybridized carbons (Fsp3) is 0.538. The van der Waals surface area contributed by atoms with Gasteiger partial charge in [0.25, 0.3) is 0 Å². The van der Waals surface area contributed by atoms with E-state index >= 15 is 0 Å². The van der Waals surface area contributed by atoms with E-state index < -0.39 is 0 Å². The molecule has 0 bridgehead atoms. The van der Waals surface area contributed by atoms with Gasteiger partial charge in [0.15, 0.2) is 0 Å². The molecule has 0 N–H and O–H groups in total. The van der Waals surface area contributed by atoms with E-state index in [1.165, 1.54) is 31.4 Å². The van der Waals surface area contributed by atoms with Crippen molar-refractivity contribution in [2.24, 2.45) is 0 Å². The lowest BCUT2D eigenvalue weighted by atomic mass is 9.98. The largest absolute Gasteiger partial charge is 0.374 e. The summed E-state index contributed by atoms with van der Waals surface area (Å²) in [5.41, 5.74) is 0.842. The van der Waals surface area contributed by atoms with Gasteiger partial charge in [0.2, 0.25) is 0 Å². The molecule has 0 amide bonds. The van der Waals surface area contributed by atoms with Crippen LogP contribution in [0.2, 0.25) is 0 Å². The molecular weight excluding hydrogens is 223 g/mol. The number of thiol groups is 1. The van der Waals surface area contributed by atoms with E-state index in [1.807, 2.05) is 0 Å². The van der Waals surface area contributed by atoms with Crippen LogP contribution in [0, 0.1) is 5.82 Å². The minimum atomic E-state index is -0.222. The molecule has 0 unspecified atom stereocenters. The standard InChI is InChI=1S/C13H17FOS/c14-11-6-7-13(16)10(8-11)9-15-12-4-2-1-3-5-12/h6-8,12,16H,1-5,9H2. The Morgan fingerprint density at radius 3 is 2.75 bits per heavy atom. The van der Waals surface area contributed by atoms with Gasteiger partial charge in [-0.3, -0.25) is 0 Å². The fourth-order valence-corrected chi connectivity index (χ4v) is 2.31. The summed E-state index contributed by atoms with van der Waals surface area (Å²) in [6, 6.07) is 4.61. The molecule has 0 spiro atoms. The van der Waals surface area contributed by atoms with Crippen molar-refractivity contribution in [1.82, 2.24) is 0 Å². The van der Waals surface area contributed by atoms with Crippen molar-refractivity contribution < 1.29 is 9.13 Å². The first kappa shape index (κ1) is 11.9. The second kappa shape index (κ2) is 5.69. The van der Waals surface area contributed by atoms with E-state index in [0.29, 0.717) is 12.7 Å². The van der Waals surface area contributed by atoms with Crippen molar-refractivity contribution in [3.63, 3.8) is 0 Å². The average Bonchev–Trinajstić information content (AvgIpc) is 2.32. The van der Waals surface area contributed by atoms with E-state index in [-0.39, 0.29) is 5.82 Å². The maximum atomic E-state index is 13.0. The zero-order valence-corrected chi connectivity index (χ0v) is 10.2. The van der Waals surface area contributed by atoms with Crippen LogP contribution in [0.4, 0.5) is 4.39 Å². The number of halogens is 1. The van der Waals surface area contributed by atoms with Crippen LogP contribution in [0.1, 0.15) is 37.7 Å². The number of benzene rings is 1. The lowest BCUT2D eigenvalue weighted by molar-refractivity contribution is 0.0158. The van der Waals surface area contributed by atoms with Gasteiger partial charge in [-0.15, -0.1) is 12.6 Å². The molecule has 0 saturated heterocycles. The third-order valence-corrected chi connectivity index (χ3v) is 3.50. The Morgan fingerprint density at radius 2 is 2.00 bits per heavy atom. The molecule has 1 nitrogen and oxygen atoms in total. The van der Waals surface area contributed by atoms with Gasteiger partial charge in [0.1, 0.15) is 5.82 Å².